The Kier molecular flexibility index (Phi) is 8.51. The highest BCUT2D eigenvalue weighted by molar-refractivity contribution is 6.89. The lowest BCUT2D eigenvalue weighted by Gasteiger charge is -2.28. The molecule has 0 aliphatic heterocycles. The lowest BCUT2D eigenvalue weighted by molar-refractivity contribution is -0.352. The molecular formula is C26H36O6Si2. The summed E-state index contributed by atoms with van der Waals surface area (Å²) in [4.78, 5) is 46.0. The fourth-order valence-corrected chi connectivity index (χ4v) is 6.14. The third-order valence-corrected chi connectivity index (χ3v) is 10.2. The molecular weight excluding hydrogens is 464 g/mol. The fourth-order valence-electron chi connectivity index (χ4n) is 3.80. The quantitative estimate of drug-likeness (QED) is 0.290. The second kappa shape index (κ2) is 11.0. The predicted molar refractivity (Wildman–Crippen MR) is 138 cm³/mol. The Morgan fingerprint density at radius 1 is 0.618 bits per heavy atom. The Hall–Kier alpha value is -2.27. The summed E-state index contributed by atoms with van der Waals surface area (Å²) >= 11 is 0. The molecule has 0 radical (unpaired) electrons. The van der Waals surface area contributed by atoms with Crippen molar-refractivity contribution < 1.29 is 29.1 Å². The standard InChI is InChI=1S/C26H36O6Si2/c1-33(2,3)21-15-11-19(12-16-21)25(27)31-29-23-9-7-8-10-24(23)30-32-26(28)20-13-17-22(18-14-20)34(4,5)6/h11-18,23-24H,7-10H2,1-6H3. The Balaban J connectivity index is 1.53. The van der Waals surface area contributed by atoms with Gasteiger partial charge in [0.15, 0.2) is 0 Å². The average Bonchev–Trinajstić information content (AvgIpc) is 2.80. The molecule has 34 heavy (non-hydrogen) atoms. The Morgan fingerprint density at radius 3 is 1.24 bits per heavy atom. The van der Waals surface area contributed by atoms with Gasteiger partial charge in [-0.25, -0.2) is 9.59 Å². The summed E-state index contributed by atoms with van der Waals surface area (Å²) in [5, 5.41) is 2.53. The van der Waals surface area contributed by atoms with Gasteiger partial charge in [0.2, 0.25) is 0 Å². The molecule has 0 spiro atoms. The first-order chi connectivity index (χ1) is 15.9. The van der Waals surface area contributed by atoms with E-state index in [-0.39, 0.29) is 0 Å². The van der Waals surface area contributed by atoms with Crippen LogP contribution in [0.3, 0.4) is 0 Å². The third kappa shape index (κ3) is 7.12. The van der Waals surface area contributed by atoms with Gasteiger partial charge in [-0.15, -0.1) is 0 Å². The summed E-state index contributed by atoms with van der Waals surface area (Å²) in [6.45, 7) is 13.5. The fraction of sp³-hybridized carbons (Fsp3) is 0.462. The second-order valence-electron chi connectivity index (χ2n) is 11.0. The van der Waals surface area contributed by atoms with E-state index in [9.17, 15) is 9.59 Å². The zero-order valence-corrected chi connectivity index (χ0v) is 23.1. The first-order valence-electron chi connectivity index (χ1n) is 11.9. The molecule has 2 aromatic carbocycles. The summed E-state index contributed by atoms with van der Waals surface area (Å²) in [6, 6.07) is 15.0. The van der Waals surface area contributed by atoms with Crippen LogP contribution < -0.4 is 10.4 Å². The summed E-state index contributed by atoms with van der Waals surface area (Å²) in [7, 11) is -2.88. The molecule has 2 aromatic rings. The molecule has 0 heterocycles. The van der Waals surface area contributed by atoms with Crippen molar-refractivity contribution in [1.29, 1.82) is 0 Å². The number of hydrogen-bond donors (Lipinski definition) is 0. The summed E-state index contributed by atoms with van der Waals surface area (Å²) in [5.74, 6) is -1.10. The minimum Gasteiger partial charge on any atom is -0.292 e. The molecule has 0 N–H and O–H groups in total. The number of benzene rings is 2. The molecule has 2 atom stereocenters. The van der Waals surface area contributed by atoms with Crippen molar-refractivity contribution in [3.05, 3.63) is 59.7 Å². The third-order valence-electron chi connectivity index (χ3n) is 6.11. The maximum Gasteiger partial charge on any atom is 0.373 e. The molecule has 1 saturated carbocycles. The highest BCUT2D eigenvalue weighted by Crippen LogP contribution is 2.25. The number of carbonyl (C=O) groups excluding carboxylic acids is 2. The van der Waals surface area contributed by atoms with Crippen LogP contribution in [-0.2, 0) is 19.6 Å². The zero-order valence-electron chi connectivity index (χ0n) is 21.1. The van der Waals surface area contributed by atoms with E-state index in [1.165, 1.54) is 10.4 Å². The zero-order chi connectivity index (χ0) is 24.9. The Morgan fingerprint density at radius 2 is 0.941 bits per heavy atom. The molecule has 0 amide bonds. The Labute approximate surface area is 204 Å². The summed E-state index contributed by atoms with van der Waals surface area (Å²) in [5.41, 5.74) is 0.868. The predicted octanol–water partition coefficient (Wildman–Crippen LogP) is 4.97. The minimum absolute atomic E-state index is 0.434. The van der Waals surface area contributed by atoms with Gasteiger partial charge in [0.1, 0.15) is 12.2 Å². The number of rotatable bonds is 8. The van der Waals surface area contributed by atoms with E-state index in [0.29, 0.717) is 24.0 Å². The monoisotopic (exact) mass is 500 g/mol. The molecule has 8 heteroatoms. The van der Waals surface area contributed by atoms with Gasteiger partial charge in [0.25, 0.3) is 0 Å². The number of hydrogen-bond acceptors (Lipinski definition) is 6. The van der Waals surface area contributed by atoms with Gasteiger partial charge < -0.3 is 0 Å². The topological polar surface area (TPSA) is 71.1 Å². The van der Waals surface area contributed by atoms with E-state index in [1.54, 1.807) is 24.3 Å². The molecule has 2 unspecified atom stereocenters. The van der Waals surface area contributed by atoms with Gasteiger partial charge >= 0.3 is 11.9 Å². The van der Waals surface area contributed by atoms with E-state index >= 15 is 0 Å². The van der Waals surface area contributed by atoms with Crippen molar-refractivity contribution in [1.82, 2.24) is 0 Å². The van der Waals surface area contributed by atoms with Crippen LogP contribution in [0.15, 0.2) is 48.5 Å². The molecule has 3 rings (SSSR count). The molecule has 6 nitrogen and oxygen atoms in total. The SMILES string of the molecule is C[Si](C)(C)c1ccc(C(=O)OOC2CCCCC2OOC(=O)c2ccc([Si](C)(C)C)cc2)cc1. The highest BCUT2D eigenvalue weighted by Gasteiger charge is 2.31. The van der Waals surface area contributed by atoms with Crippen molar-refractivity contribution in [2.24, 2.45) is 0 Å². The van der Waals surface area contributed by atoms with Crippen LogP contribution in [-0.4, -0.2) is 40.3 Å². The van der Waals surface area contributed by atoms with Gasteiger partial charge in [-0.1, -0.05) is 86.8 Å². The maximum absolute atomic E-state index is 12.4. The van der Waals surface area contributed by atoms with E-state index in [1.807, 2.05) is 24.3 Å². The molecule has 0 bridgehead atoms. The van der Waals surface area contributed by atoms with Gasteiger partial charge in [-0.3, -0.25) is 9.78 Å². The van der Waals surface area contributed by atoms with Gasteiger partial charge in [0, 0.05) is 0 Å². The highest BCUT2D eigenvalue weighted by atomic mass is 28.3. The molecule has 1 fully saturated rings. The number of carbonyl (C=O) groups is 2. The van der Waals surface area contributed by atoms with Crippen molar-refractivity contribution in [2.45, 2.75) is 77.2 Å². The van der Waals surface area contributed by atoms with Crippen LogP contribution in [0, 0.1) is 0 Å². The van der Waals surface area contributed by atoms with Crippen LogP contribution in [0.25, 0.3) is 0 Å². The van der Waals surface area contributed by atoms with Crippen molar-refractivity contribution in [3.63, 3.8) is 0 Å². The van der Waals surface area contributed by atoms with Crippen LogP contribution in [0.2, 0.25) is 39.3 Å². The van der Waals surface area contributed by atoms with Crippen molar-refractivity contribution in [3.8, 4) is 0 Å². The largest absolute Gasteiger partial charge is 0.373 e. The lowest BCUT2D eigenvalue weighted by atomic mass is 9.95. The first kappa shape index (κ1) is 26.3. The molecule has 0 saturated heterocycles. The van der Waals surface area contributed by atoms with E-state index in [2.05, 4.69) is 39.3 Å². The van der Waals surface area contributed by atoms with Crippen LogP contribution in [0.1, 0.15) is 46.4 Å². The van der Waals surface area contributed by atoms with Gasteiger partial charge in [-0.2, -0.15) is 9.78 Å². The van der Waals surface area contributed by atoms with Crippen LogP contribution >= 0.6 is 0 Å². The first-order valence-corrected chi connectivity index (χ1v) is 18.9. The molecule has 1 aliphatic rings. The molecule has 0 aromatic heterocycles. The lowest BCUT2D eigenvalue weighted by Crippen LogP contribution is -2.37. The maximum atomic E-state index is 12.4. The molecule has 1 aliphatic carbocycles. The van der Waals surface area contributed by atoms with Gasteiger partial charge in [-0.05, 0) is 37.1 Å². The smallest absolute Gasteiger partial charge is 0.292 e. The van der Waals surface area contributed by atoms with E-state index < -0.39 is 40.3 Å². The minimum atomic E-state index is -1.44. The van der Waals surface area contributed by atoms with Crippen LogP contribution in [0.4, 0.5) is 0 Å². The van der Waals surface area contributed by atoms with Crippen molar-refractivity contribution in [2.75, 3.05) is 0 Å². The second-order valence-corrected chi connectivity index (χ2v) is 21.1. The summed E-state index contributed by atoms with van der Waals surface area (Å²) in [6.07, 6.45) is 2.13. The van der Waals surface area contributed by atoms with Gasteiger partial charge in [0.05, 0.1) is 27.3 Å². The van der Waals surface area contributed by atoms with Crippen LogP contribution in [0.5, 0.6) is 0 Å². The van der Waals surface area contributed by atoms with E-state index in [4.69, 9.17) is 19.6 Å². The summed E-state index contributed by atoms with van der Waals surface area (Å²) < 4.78 is 0. The molecule has 184 valence electrons. The van der Waals surface area contributed by atoms with E-state index in [0.717, 1.165) is 12.8 Å². The Bertz CT molecular complexity index is 893. The average molecular weight is 501 g/mol. The van der Waals surface area contributed by atoms with Crippen molar-refractivity contribution >= 4 is 38.5 Å². The normalized spacial score (nSPS) is 18.9.